The maximum Gasteiger partial charge on any atom is 0.253 e. The van der Waals surface area contributed by atoms with E-state index in [1.54, 1.807) is 41.0 Å². The predicted octanol–water partition coefficient (Wildman–Crippen LogP) is 4.13. The zero-order valence-electron chi connectivity index (χ0n) is 17.6. The topological polar surface area (TPSA) is 69.7 Å². The number of rotatable bonds is 3. The third-order valence-corrected chi connectivity index (χ3v) is 6.27. The quantitative estimate of drug-likeness (QED) is 0.781. The van der Waals surface area contributed by atoms with E-state index >= 15 is 0 Å². The maximum absolute atomic E-state index is 12.9. The summed E-state index contributed by atoms with van der Waals surface area (Å²) < 4.78 is 0. The maximum atomic E-state index is 12.9. The van der Waals surface area contributed by atoms with Gasteiger partial charge in [-0.3, -0.25) is 14.4 Å². The van der Waals surface area contributed by atoms with E-state index in [1.807, 2.05) is 18.2 Å². The van der Waals surface area contributed by atoms with E-state index in [4.69, 9.17) is 11.6 Å². The molecular formula is C24H26ClN3O3. The molecule has 0 bridgehead atoms. The summed E-state index contributed by atoms with van der Waals surface area (Å²) in [6.07, 6.45) is 3.33. The van der Waals surface area contributed by atoms with E-state index in [9.17, 15) is 14.4 Å². The Labute approximate surface area is 187 Å². The first-order chi connectivity index (χ1) is 14.9. The summed E-state index contributed by atoms with van der Waals surface area (Å²) in [5.74, 6) is -0.375. The summed E-state index contributed by atoms with van der Waals surface area (Å²) in [7, 11) is 0. The molecule has 1 N–H and O–H groups in total. The number of nitrogens with zero attached hydrogens (tertiary/aromatic N) is 2. The first kappa shape index (κ1) is 21.4. The summed E-state index contributed by atoms with van der Waals surface area (Å²) in [4.78, 5) is 41.1. The summed E-state index contributed by atoms with van der Waals surface area (Å²) in [6.45, 7) is 3.35. The first-order valence-corrected chi connectivity index (χ1v) is 11.1. The molecule has 1 saturated heterocycles. The number of fused-ring (bicyclic) bond motifs is 1. The van der Waals surface area contributed by atoms with Crippen molar-refractivity contribution in [3.05, 3.63) is 58.6 Å². The molecule has 6 nitrogen and oxygen atoms in total. The van der Waals surface area contributed by atoms with E-state index in [-0.39, 0.29) is 23.6 Å². The largest absolute Gasteiger partial charge is 0.338 e. The molecule has 2 aromatic carbocycles. The Morgan fingerprint density at radius 2 is 1.81 bits per heavy atom. The SMILES string of the molecule is CC(=O)N1CCCc2cc(NC(=O)C3CCCN(C(=O)c4ccc(Cl)cc4)C3)ccc21. The fourth-order valence-electron chi connectivity index (χ4n) is 4.40. The molecule has 2 aromatic rings. The lowest BCUT2D eigenvalue weighted by Crippen LogP contribution is -2.43. The molecular weight excluding hydrogens is 414 g/mol. The molecule has 31 heavy (non-hydrogen) atoms. The van der Waals surface area contributed by atoms with Gasteiger partial charge in [-0.2, -0.15) is 0 Å². The van der Waals surface area contributed by atoms with Crippen LogP contribution in [0.4, 0.5) is 11.4 Å². The fraction of sp³-hybridized carbons (Fsp3) is 0.375. The molecule has 2 aliphatic heterocycles. The van der Waals surface area contributed by atoms with Gasteiger partial charge in [-0.25, -0.2) is 0 Å². The lowest BCUT2D eigenvalue weighted by atomic mass is 9.96. The lowest BCUT2D eigenvalue weighted by molar-refractivity contribution is -0.121. The molecule has 1 unspecified atom stereocenters. The highest BCUT2D eigenvalue weighted by atomic mass is 35.5. The number of hydrogen-bond donors (Lipinski definition) is 1. The van der Waals surface area contributed by atoms with Crippen LogP contribution in [0.2, 0.25) is 5.02 Å². The number of piperidine rings is 1. The van der Waals surface area contributed by atoms with E-state index in [0.29, 0.717) is 23.7 Å². The second kappa shape index (κ2) is 9.10. The number of benzene rings is 2. The summed E-state index contributed by atoms with van der Waals surface area (Å²) in [5, 5.41) is 3.60. The van der Waals surface area contributed by atoms with Crippen molar-refractivity contribution in [2.45, 2.75) is 32.6 Å². The number of amides is 3. The van der Waals surface area contributed by atoms with Crippen LogP contribution in [0.5, 0.6) is 0 Å². The molecule has 4 rings (SSSR count). The molecule has 0 spiro atoms. The number of nitrogens with one attached hydrogen (secondary N) is 1. The average molecular weight is 440 g/mol. The van der Waals surface area contributed by atoms with Gasteiger partial charge in [-0.1, -0.05) is 11.6 Å². The minimum atomic E-state index is -0.255. The number of hydrogen-bond acceptors (Lipinski definition) is 3. The van der Waals surface area contributed by atoms with E-state index in [1.165, 1.54) is 0 Å². The second-order valence-electron chi connectivity index (χ2n) is 8.20. The van der Waals surface area contributed by atoms with Crippen LogP contribution in [0.1, 0.15) is 42.1 Å². The Bertz CT molecular complexity index is 1010. The highest BCUT2D eigenvalue weighted by Crippen LogP contribution is 2.30. The zero-order valence-corrected chi connectivity index (χ0v) is 18.3. The van der Waals surface area contributed by atoms with Crippen LogP contribution in [0, 0.1) is 5.92 Å². The number of likely N-dealkylation sites (tertiary alicyclic amines) is 1. The Hall–Kier alpha value is -2.86. The normalized spacial score (nSPS) is 18.3. The molecule has 1 atom stereocenters. The average Bonchev–Trinajstić information content (AvgIpc) is 2.78. The number of carbonyl (C=O) groups excluding carboxylic acids is 3. The highest BCUT2D eigenvalue weighted by molar-refractivity contribution is 6.30. The van der Waals surface area contributed by atoms with Crippen molar-refractivity contribution in [1.82, 2.24) is 4.90 Å². The Morgan fingerprint density at radius 3 is 2.55 bits per heavy atom. The molecule has 0 aromatic heterocycles. The van der Waals surface area contributed by atoms with Crippen molar-refractivity contribution < 1.29 is 14.4 Å². The van der Waals surface area contributed by atoms with Gasteiger partial charge in [0.15, 0.2) is 0 Å². The van der Waals surface area contributed by atoms with Crippen molar-refractivity contribution in [3.63, 3.8) is 0 Å². The van der Waals surface area contributed by atoms with Gasteiger partial charge in [0.2, 0.25) is 11.8 Å². The van der Waals surface area contributed by atoms with Crippen LogP contribution in [0.25, 0.3) is 0 Å². The number of halogens is 1. The third kappa shape index (κ3) is 4.74. The Kier molecular flexibility index (Phi) is 6.28. The number of aryl methyl sites for hydroxylation is 1. The molecule has 0 aliphatic carbocycles. The van der Waals surface area contributed by atoms with Crippen LogP contribution < -0.4 is 10.2 Å². The molecule has 2 aliphatic rings. The van der Waals surface area contributed by atoms with Gasteiger partial charge < -0.3 is 15.1 Å². The van der Waals surface area contributed by atoms with Crippen molar-refractivity contribution in [3.8, 4) is 0 Å². The van der Waals surface area contributed by atoms with Gasteiger partial charge in [-0.15, -0.1) is 0 Å². The Morgan fingerprint density at radius 1 is 1.03 bits per heavy atom. The van der Waals surface area contributed by atoms with Gasteiger partial charge >= 0.3 is 0 Å². The molecule has 7 heteroatoms. The van der Waals surface area contributed by atoms with Crippen molar-refractivity contribution in [1.29, 1.82) is 0 Å². The molecule has 3 amide bonds. The minimum absolute atomic E-state index is 0.0328. The summed E-state index contributed by atoms with van der Waals surface area (Å²) >= 11 is 5.91. The van der Waals surface area contributed by atoms with Crippen LogP contribution in [0.15, 0.2) is 42.5 Å². The molecule has 1 fully saturated rings. The lowest BCUT2D eigenvalue weighted by Gasteiger charge is -2.32. The third-order valence-electron chi connectivity index (χ3n) is 6.02. The first-order valence-electron chi connectivity index (χ1n) is 10.7. The van der Waals surface area contributed by atoms with Gasteiger partial charge in [0.05, 0.1) is 5.92 Å². The van der Waals surface area contributed by atoms with E-state index < -0.39 is 0 Å². The zero-order chi connectivity index (χ0) is 22.0. The van der Waals surface area contributed by atoms with Crippen LogP contribution in [-0.4, -0.2) is 42.3 Å². The molecule has 0 saturated carbocycles. The van der Waals surface area contributed by atoms with Crippen molar-refractivity contribution in [2.75, 3.05) is 29.9 Å². The van der Waals surface area contributed by atoms with Crippen molar-refractivity contribution in [2.24, 2.45) is 5.92 Å². The highest BCUT2D eigenvalue weighted by Gasteiger charge is 2.29. The second-order valence-corrected chi connectivity index (χ2v) is 8.64. The van der Waals surface area contributed by atoms with Gasteiger partial charge in [0.25, 0.3) is 5.91 Å². The molecule has 162 valence electrons. The molecule has 0 radical (unpaired) electrons. The van der Waals surface area contributed by atoms with Crippen molar-refractivity contribution >= 4 is 40.7 Å². The summed E-state index contributed by atoms with van der Waals surface area (Å²) in [6, 6.07) is 12.5. The standard InChI is InChI=1S/C24H26ClN3O3/c1-16(29)28-13-3-4-18-14-21(10-11-22(18)28)26-23(30)19-5-2-12-27(15-19)24(31)17-6-8-20(25)9-7-17/h6-11,14,19H,2-5,12-13,15H2,1H3,(H,26,30). The molecule has 2 heterocycles. The van der Waals surface area contributed by atoms with Gasteiger partial charge in [-0.05, 0) is 73.7 Å². The smallest absolute Gasteiger partial charge is 0.253 e. The number of anilines is 2. The summed E-state index contributed by atoms with van der Waals surface area (Å²) in [5.41, 5.74) is 3.31. The van der Waals surface area contributed by atoms with Crippen LogP contribution in [0.3, 0.4) is 0 Å². The van der Waals surface area contributed by atoms with E-state index in [2.05, 4.69) is 5.32 Å². The fourth-order valence-corrected chi connectivity index (χ4v) is 4.52. The monoisotopic (exact) mass is 439 g/mol. The number of carbonyl (C=O) groups is 3. The van der Waals surface area contributed by atoms with Crippen LogP contribution in [-0.2, 0) is 16.0 Å². The van der Waals surface area contributed by atoms with Gasteiger partial charge in [0, 0.05) is 48.5 Å². The minimum Gasteiger partial charge on any atom is -0.338 e. The Balaban J connectivity index is 1.42. The van der Waals surface area contributed by atoms with E-state index in [0.717, 1.165) is 49.2 Å². The van der Waals surface area contributed by atoms with Crippen LogP contribution >= 0.6 is 11.6 Å². The van der Waals surface area contributed by atoms with Gasteiger partial charge in [0.1, 0.15) is 0 Å². The predicted molar refractivity (Wildman–Crippen MR) is 121 cm³/mol.